The molecule has 0 aromatic heterocycles. The van der Waals surface area contributed by atoms with E-state index in [1.54, 1.807) is 13.3 Å². The van der Waals surface area contributed by atoms with Crippen LogP contribution in [0.4, 0.5) is 0 Å². The summed E-state index contributed by atoms with van der Waals surface area (Å²) < 4.78 is 5.28. The molecule has 2 rings (SSSR count). The Hall–Kier alpha value is -1.71. The summed E-state index contributed by atoms with van der Waals surface area (Å²) in [7, 11) is 1.67. The van der Waals surface area contributed by atoms with Crippen LogP contribution in [0.5, 0.6) is 5.75 Å². The fourth-order valence-electron chi connectivity index (χ4n) is 1.62. The van der Waals surface area contributed by atoms with E-state index in [1.165, 1.54) is 0 Å². The molecular weight excluding hydrogens is 190 g/mol. The van der Waals surface area contributed by atoms with Crippen molar-refractivity contribution in [2.45, 2.75) is 18.9 Å². The van der Waals surface area contributed by atoms with Crippen molar-refractivity contribution in [3.05, 3.63) is 29.8 Å². The first-order valence-corrected chi connectivity index (χ1v) is 4.82. The molecule has 78 valence electrons. The molecule has 1 aliphatic rings. The maximum Gasteiger partial charge on any atom is 0.122 e. The zero-order valence-electron chi connectivity index (χ0n) is 8.84. The van der Waals surface area contributed by atoms with Crippen LogP contribution in [0.1, 0.15) is 12.5 Å². The first-order valence-electron chi connectivity index (χ1n) is 4.82. The Balaban J connectivity index is 2.24. The highest BCUT2D eigenvalue weighted by Gasteiger charge is 2.26. The fraction of sp³-hybridized carbons (Fsp3) is 0.364. The zero-order valence-corrected chi connectivity index (χ0v) is 8.84. The van der Waals surface area contributed by atoms with Crippen LogP contribution < -0.4 is 4.74 Å². The summed E-state index contributed by atoms with van der Waals surface area (Å²) in [6, 6.07) is 7.92. The van der Waals surface area contributed by atoms with Gasteiger partial charge in [-0.3, -0.25) is 0 Å². The van der Waals surface area contributed by atoms with E-state index >= 15 is 0 Å². The molecule has 1 atom stereocenters. The predicted molar refractivity (Wildman–Crippen MR) is 58.5 cm³/mol. The van der Waals surface area contributed by atoms with Crippen molar-refractivity contribution in [2.75, 3.05) is 7.11 Å². The summed E-state index contributed by atoms with van der Waals surface area (Å²) in [6.45, 7) is 2.00. The number of methoxy groups -OCH3 is 1. The van der Waals surface area contributed by atoms with Gasteiger partial charge in [0.15, 0.2) is 0 Å². The highest BCUT2D eigenvalue weighted by atomic mass is 16.5. The van der Waals surface area contributed by atoms with Gasteiger partial charge < -0.3 is 4.74 Å². The molecule has 4 nitrogen and oxygen atoms in total. The normalized spacial score (nSPS) is 23.3. The van der Waals surface area contributed by atoms with Crippen molar-refractivity contribution in [1.82, 2.24) is 0 Å². The standard InChI is InChI=1S/C11H13N3O/c1-11(8-12-14-13-11)7-9-5-3-4-6-10(9)15-2/h3-6,8H,7H2,1-2H3. The molecule has 1 aromatic rings. The van der Waals surface area contributed by atoms with Gasteiger partial charge in [0.1, 0.15) is 11.3 Å². The van der Waals surface area contributed by atoms with E-state index in [-0.39, 0.29) is 5.54 Å². The maximum absolute atomic E-state index is 5.28. The lowest BCUT2D eigenvalue weighted by atomic mass is 9.95. The topological polar surface area (TPSA) is 46.3 Å². The summed E-state index contributed by atoms with van der Waals surface area (Å²) in [4.78, 5) is 0. The highest BCUT2D eigenvalue weighted by Crippen LogP contribution is 2.25. The van der Waals surface area contributed by atoms with Crippen LogP contribution in [0.2, 0.25) is 0 Å². The van der Waals surface area contributed by atoms with E-state index in [0.717, 1.165) is 17.7 Å². The molecule has 0 aliphatic carbocycles. The first-order chi connectivity index (χ1) is 7.23. The predicted octanol–water partition coefficient (Wildman–Crippen LogP) is 2.45. The zero-order chi connectivity index (χ0) is 10.7. The minimum absolute atomic E-state index is 0.325. The largest absolute Gasteiger partial charge is 0.496 e. The maximum atomic E-state index is 5.28. The minimum atomic E-state index is -0.325. The van der Waals surface area contributed by atoms with Crippen molar-refractivity contribution in [2.24, 2.45) is 15.4 Å². The van der Waals surface area contributed by atoms with Crippen molar-refractivity contribution >= 4 is 6.21 Å². The van der Waals surface area contributed by atoms with Gasteiger partial charge in [0.25, 0.3) is 0 Å². The van der Waals surface area contributed by atoms with Gasteiger partial charge in [-0.05, 0) is 23.8 Å². The van der Waals surface area contributed by atoms with Crippen molar-refractivity contribution in [3.8, 4) is 5.75 Å². The van der Waals surface area contributed by atoms with E-state index < -0.39 is 0 Å². The summed E-state index contributed by atoms with van der Waals surface area (Å²) in [5.74, 6) is 0.884. The van der Waals surface area contributed by atoms with Crippen LogP contribution in [-0.2, 0) is 6.42 Å². The molecule has 1 heterocycles. The highest BCUT2D eigenvalue weighted by molar-refractivity contribution is 5.71. The van der Waals surface area contributed by atoms with Crippen LogP contribution in [0.15, 0.2) is 39.7 Å². The van der Waals surface area contributed by atoms with Crippen LogP contribution in [-0.4, -0.2) is 18.9 Å². The molecule has 15 heavy (non-hydrogen) atoms. The van der Waals surface area contributed by atoms with E-state index in [9.17, 15) is 0 Å². The SMILES string of the molecule is COc1ccccc1CC1(C)C=NN=N1. The molecule has 0 bridgehead atoms. The van der Waals surface area contributed by atoms with Crippen molar-refractivity contribution in [3.63, 3.8) is 0 Å². The molecule has 1 aliphatic heterocycles. The lowest BCUT2D eigenvalue weighted by Crippen LogP contribution is -2.24. The third kappa shape index (κ3) is 2.03. The Kier molecular flexibility index (Phi) is 2.49. The van der Waals surface area contributed by atoms with Crippen LogP contribution in [0, 0.1) is 0 Å². The van der Waals surface area contributed by atoms with Gasteiger partial charge in [-0.15, -0.1) is 5.10 Å². The Labute approximate surface area is 88.7 Å². The molecule has 1 unspecified atom stereocenters. The summed E-state index contributed by atoms with van der Waals surface area (Å²) in [5, 5.41) is 11.5. The fourth-order valence-corrected chi connectivity index (χ4v) is 1.62. The van der Waals surface area contributed by atoms with Gasteiger partial charge in [-0.25, -0.2) is 0 Å². The first kappa shape index (κ1) is 9.83. The van der Waals surface area contributed by atoms with Gasteiger partial charge in [-0.2, -0.15) is 5.11 Å². The van der Waals surface area contributed by atoms with E-state index in [2.05, 4.69) is 15.4 Å². The number of ether oxygens (including phenoxy) is 1. The minimum Gasteiger partial charge on any atom is -0.496 e. The molecule has 4 heteroatoms. The third-order valence-corrected chi connectivity index (χ3v) is 2.40. The van der Waals surface area contributed by atoms with E-state index in [1.807, 2.05) is 31.2 Å². The quantitative estimate of drug-likeness (QED) is 0.744. The Morgan fingerprint density at radius 2 is 2.13 bits per heavy atom. The van der Waals surface area contributed by atoms with Crippen LogP contribution in [0.25, 0.3) is 0 Å². The molecule has 0 saturated heterocycles. The molecule has 0 saturated carbocycles. The average Bonchev–Trinajstić information content (AvgIpc) is 2.66. The molecule has 0 amide bonds. The van der Waals surface area contributed by atoms with Gasteiger partial charge in [0.05, 0.1) is 13.3 Å². The molecule has 0 fully saturated rings. The van der Waals surface area contributed by atoms with Gasteiger partial charge in [0.2, 0.25) is 0 Å². The second-order valence-corrected chi connectivity index (χ2v) is 3.78. The molecule has 0 N–H and O–H groups in total. The third-order valence-electron chi connectivity index (χ3n) is 2.40. The number of benzene rings is 1. The number of hydrogen-bond donors (Lipinski definition) is 0. The van der Waals surface area contributed by atoms with Crippen molar-refractivity contribution in [1.29, 1.82) is 0 Å². The number of para-hydroxylation sites is 1. The number of nitrogens with zero attached hydrogens (tertiary/aromatic N) is 3. The molecule has 1 aromatic carbocycles. The van der Waals surface area contributed by atoms with E-state index in [4.69, 9.17) is 4.74 Å². The van der Waals surface area contributed by atoms with Crippen LogP contribution in [0.3, 0.4) is 0 Å². The van der Waals surface area contributed by atoms with Crippen molar-refractivity contribution < 1.29 is 4.74 Å². The van der Waals surface area contributed by atoms with E-state index in [0.29, 0.717) is 0 Å². The summed E-state index contributed by atoms with van der Waals surface area (Å²) in [6.07, 6.45) is 2.52. The Morgan fingerprint density at radius 3 is 2.80 bits per heavy atom. The molecule has 0 radical (unpaired) electrons. The second-order valence-electron chi connectivity index (χ2n) is 3.78. The van der Waals surface area contributed by atoms with Crippen LogP contribution >= 0.6 is 0 Å². The van der Waals surface area contributed by atoms with Gasteiger partial charge >= 0.3 is 0 Å². The lowest BCUT2D eigenvalue weighted by molar-refractivity contribution is 0.406. The Bertz CT molecular complexity index is 400. The summed E-state index contributed by atoms with van der Waals surface area (Å²) in [5.41, 5.74) is 0.795. The number of hydrogen-bond acceptors (Lipinski definition) is 4. The lowest BCUT2D eigenvalue weighted by Gasteiger charge is -2.16. The van der Waals surface area contributed by atoms with Gasteiger partial charge in [-0.1, -0.05) is 18.2 Å². The molecular formula is C11H13N3O. The second kappa shape index (κ2) is 3.81. The smallest absolute Gasteiger partial charge is 0.122 e. The molecule has 0 spiro atoms. The summed E-state index contributed by atoms with van der Waals surface area (Å²) >= 11 is 0. The monoisotopic (exact) mass is 203 g/mol. The van der Waals surface area contributed by atoms with Gasteiger partial charge in [0, 0.05) is 6.42 Å². The Morgan fingerprint density at radius 1 is 1.33 bits per heavy atom. The number of rotatable bonds is 3. The average molecular weight is 203 g/mol.